The van der Waals surface area contributed by atoms with Crippen molar-refractivity contribution in [2.75, 3.05) is 14.7 Å². The largest absolute Gasteiger partial charge is 0.526 e. The van der Waals surface area contributed by atoms with Crippen LogP contribution in [0.4, 0.5) is 51.2 Å². The van der Waals surface area contributed by atoms with Crippen molar-refractivity contribution in [3.05, 3.63) is 507 Å². The highest BCUT2D eigenvalue weighted by Crippen LogP contribution is 2.50. The number of halogens is 2. The highest BCUT2D eigenvalue weighted by Gasteiger charge is 2.28. The lowest BCUT2D eigenvalue weighted by molar-refractivity contribution is 0.412. The van der Waals surface area contributed by atoms with Gasteiger partial charge in [-0.05, 0) is 258 Å². The van der Waals surface area contributed by atoms with E-state index in [1.165, 1.54) is 64.6 Å². The second kappa shape index (κ2) is 35.7. The van der Waals surface area contributed by atoms with E-state index in [0.717, 1.165) is 178 Å². The first-order valence-electron chi connectivity index (χ1n) is 47.8. The number of benzene rings is 21. The molecule has 0 saturated heterocycles. The van der Waals surface area contributed by atoms with Crippen LogP contribution in [-0.2, 0) is 0 Å². The third kappa shape index (κ3) is 15.1. The molecular weight excluding hydrogens is 1800 g/mol. The molecule has 143 heavy (non-hydrogen) atoms. The van der Waals surface area contributed by atoms with E-state index in [1.54, 1.807) is 6.07 Å². The lowest BCUT2D eigenvalue weighted by Gasteiger charge is -2.25. The maximum Gasteiger partial charge on any atom is 0.526 e. The molecule has 2 N–H and O–H groups in total. The van der Waals surface area contributed by atoms with Gasteiger partial charge >= 0.3 is 7.12 Å². The number of para-hydroxylation sites is 10. The third-order valence-electron chi connectivity index (χ3n) is 27.5. The fourth-order valence-corrected chi connectivity index (χ4v) is 21.6. The van der Waals surface area contributed by atoms with Crippen LogP contribution in [0, 0.1) is 0 Å². The summed E-state index contributed by atoms with van der Waals surface area (Å²) in [4.78, 5) is 6.66. The standard InChI is InChI=1S/C74H48N4O2.C34H20Cl2N2.C20H16BNO3/c1-7-19-53(20-8-1)75(54-21-9-2-10-22-54)59-35-31-51-45-69(79-71(51)47-59)49-33-37-63-67(43-49)77(57-27-15-5-16-28-57)65-41-39-62-61(73(63)65)40-42-66-74(62)64-38-34-50(44-68(64)78(66)58-29-17-6-18-30-58)70-46-52-32-36-60(48-72(52)80-70)76(55-23-11-3-12-24-55)56-25-13-4-14-26-56;35-21-11-13-27-31(19-21)37(23-7-3-1-4-8-23)29-17-15-26-25(33(27)29)16-18-30-34(26)28-14-12-22(36)20-32(28)38(30)24-9-5-2-6-10-24;23-21(24)20-13-15-11-12-18(14-19(15)25-20)22(16-7-3-1-4-8-16)17-9-5-2-6-10-17/h1-48H;1-20H;1-14,23-24H. The summed E-state index contributed by atoms with van der Waals surface area (Å²) in [5.74, 6) is 1.64. The zero-order valence-electron chi connectivity index (χ0n) is 76.9. The highest BCUT2D eigenvalue weighted by atomic mass is 35.5. The molecule has 0 unspecified atom stereocenters. The average molecular weight is 1880 g/mol. The van der Waals surface area contributed by atoms with Gasteiger partial charge in [-0.2, -0.15) is 0 Å². The molecule has 0 bridgehead atoms. The predicted molar refractivity (Wildman–Crippen MR) is 596 cm³/mol. The van der Waals surface area contributed by atoms with Crippen LogP contribution in [0.5, 0.6) is 0 Å². The van der Waals surface area contributed by atoms with Gasteiger partial charge < -0.3 is 56.3 Å². The van der Waals surface area contributed by atoms with Gasteiger partial charge in [-0.3, -0.25) is 0 Å². The van der Waals surface area contributed by atoms with E-state index < -0.39 is 7.12 Å². The first-order valence-corrected chi connectivity index (χ1v) is 48.5. The number of aromatic nitrogens is 4. The monoisotopic (exact) mass is 1880 g/mol. The molecule has 12 nitrogen and oxygen atoms in total. The SMILES string of the molecule is Clc1ccc2c3c4ccc5c(c4ccc3n(-c3ccccc3)c2c1)c1ccc(Cl)cc1n5-c1ccccc1.OB(O)c1cc2ccc(N(c3ccccc3)c3ccccc3)cc2o1.c1ccc(N(c2ccccc2)c2ccc3cc(-c4ccc5c6c7ccc8c(c7ccc6n(-c6ccccc6)c5c4)c4ccc(-c5cc6ccc(N(c7ccccc7)c7ccccc7)cc6o5)cc4n8-c4ccccc4)oc3c2)cc1. The normalized spacial score (nSPS) is 11.6. The highest BCUT2D eigenvalue weighted by molar-refractivity contribution is 6.57. The number of rotatable bonds is 16. The Morgan fingerprint density at radius 3 is 0.706 bits per heavy atom. The van der Waals surface area contributed by atoms with Gasteiger partial charge in [-0.25, -0.2) is 0 Å². The molecule has 28 rings (SSSR count). The summed E-state index contributed by atoms with van der Waals surface area (Å²) >= 11 is 13.0. The van der Waals surface area contributed by atoms with Crippen molar-refractivity contribution in [3.8, 4) is 45.4 Å². The van der Waals surface area contributed by atoms with Crippen molar-refractivity contribution in [2.45, 2.75) is 0 Å². The molecule has 15 heteroatoms. The Morgan fingerprint density at radius 1 is 0.196 bits per heavy atom. The Kier molecular flexibility index (Phi) is 21.3. The van der Waals surface area contributed by atoms with Gasteiger partial charge in [0.1, 0.15) is 33.9 Å². The third-order valence-corrected chi connectivity index (χ3v) is 28.0. The number of anilines is 9. The van der Waals surface area contributed by atoms with E-state index in [0.29, 0.717) is 5.58 Å². The summed E-state index contributed by atoms with van der Waals surface area (Å²) in [6.45, 7) is 0. The minimum atomic E-state index is -1.62. The second-order valence-corrected chi connectivity index (χ2v) is 36.8. The van der Waals surface area contributed by atoms with E-state index in [1.807, 2.05) is 103 Å². The number of fused-ring (bicyclic) bond motifs is 21. The van der Waals surface area contributed by atoms with Gasteiger partial charge in [0, 0.05) is 173 Å². The van der Waals surface area contributed by atoms with Crippen LogP contribution < -0.4 is 20.4 Å². The molecule has 0 saturated carbocycles. The Bertz CT molecular complexity index is 9130. The topological polar surface area (TPSA) is 109 Å². The van der Waals surface area contributed by atoms with Crippen LogP contribution in [0.3, 0.4) is 0 Å². The van der Waals surface area contributed by atoms with Gasteiger partial charge in [0.15, 0.2) is 0 Å². The number of nitrogens with zero attached hydrogens (tertiary/aromatic N) is 7. The molecular formula is C128H84BCl2N7O5. The van der Waals surface area contributed by atoms with Crippen LogP contribution >= 0.6 is 23.2 Å². The molecule has 0 radical (unpaired) electrons. The average Bonchev–Trinajstić information content (AvgIpc) is 1.55. The summed E-state index contributed by atoms with van der Waals surface area (Å²) in [5, 5.41) is 37.5. The Balaban J connectivity index is 0.000000135. The lowest BCUT2D eigenvalue weighted by atomic mass is 9.88. The van der Waals surface area contributed by atoms with E-state index in [-0.39, 0.29) is 5.66 Å². The first-order chi connectivity index (χ1) is 70.6. The predicted octanol–water partition coefficient (Wildman–Crippen LogP) is 34.7. The smallest absolute Gasteiger partial charge is 0.465 e. The van der Waals surface area contributed by atoms with Crippen LogP contribution in [0.1, 0.15) is 0 Å². The van der Waals surface area contributed by atoms with Gasteiger partial charge in [0.25, 0.3) is 0 Å². The fraction of sp³-hybridized carbons (Fsp3) is 0. The van der Waals surface area contributed by atoms with Crippen molar-refractivity contribution < 1.29 is 23.3 Å². The summed E-state index contributed by atoms with van der Waals surface area (Å²) in [6, 6.07) is 174. The molecule has 0 aliphatic heterocycles. The van der Waals surface area contributed by atoms with E-state index in [2.05, 4.69) is 421 Å². The summed E-state index contributed by atoms with van der Waals surface area (Å²) in [6.07, 6.45) is 0. The van der Waals surface area contributed by atoms with Crippen LogP contribution in [0.15, 0.2) is 511 Å². The van der Waals surface area contributed by atoms with Crippen molar-refractivity contribution in [1.29, 1.82) is 0 Å². The molecule has 21 aromatic carbocycles. The molecule has 28 aromatic rings. The summed E-state index contributed by atoms with van der Waals surface area (Å²) in [7, 11) is -1.62. The summed E-state index contributed by atoms with van der Waals surface area (Å²) < 4.78 is 28.7. The molecule has 0 aliphatic carbocycles. The molecule has 0 fully saturated rings. The zero-order chi connectivity index (χ0) is 95.3. The minimum Gasteiger partial charge on any atom is -0.465 e. The maximum atomic E-state index is 9.31. The van der Waals surface area contributed by atoms with Crippen molar-refractivity contribution in [2.24, 2.45) is 0 Å². The van der Waals surface area contributed by atoms with E-state index in [4.69, 9.17) is 36.5 Å². The summed E-state index contributed by atoms with van der Waals surface area (Å²) in [5.41, 5.74) is 27.3. The van der Waals surface area contributed by atoms with E-state index in [9.17, 15) is 10.0 Å². The van der Waals surface area contributed by atoms with Crippen LogP contribution in [-0.4, -0.2) is 35.4 Å². The van der Waals surface area contributed by atoms with Crippen LogP contribution in [0.25, 0.3) is 187 Å². The number of hydrogen-bond donors (Lipinski definition) is 2. The Morgan fingerprint density at radius 2 is 0.434 bits per heavy atom. The molecule has 0 atom stereocenters. The van der Waals surface area contributed by atoms with Crippen LogP contribution in [0.2, 0.25) is 10.0 Å². The molecule has 7 aromatic heterocycles. The van der Waals surface area contributed by atoms with Gasteiger partial charge in [-0.1, -0.05) is 266 Å². The van der Waals surface area contributed by atoms with Crippen molar-refractivity contribution >= 4 is 229 Å². The lowest BCUT2D eigenvalue weighted by Crippen LogP contribution is -2.27. The Hall–Kier alpha value is -18.1. The van der Waals surface area contributed by atoms with Gasteiger partial charge in [0.05, 0.1) is 44.1 Å². The molecule has 0 amide bonds. The molecule has 7 heterocycles. The second-order valence-electron chi connectivity index (χ2n) is 35.9. The van der Waals surface area contributed by atoms with Crippen molar-refractivity contribution in [1.82, 2.24) is 18.3 Å². The zero-order valence-corrected chi connectivity index (χ0v) is 78.4. The number of furan rings is 3. The van der Waals surface area contributed by atoms with Gasteiger partial charge in [-0.15, -0.1) is 0 Å². The first kappa shape index (κ1) is 85.4. The van der Waals surface area contributed by atoms with Gasteiger partial charge in [0.2, 0.25) is 0 Å². The van der Waals surface area contributed by atoms with E-state index >= 15 is 0 Å². The maximum absolute atomic E-state index is 9.31. The Labute approximate surface area is 832 Å². The molecule has 0 spiro atoms. The minimum absolute atomic E-state index is 0.137. The quantitative estimate of drug-likeness (QED) is 0.0921. The van der Waals surface area contributed by atoms with Crippen molar-refractivity contribution in [3.63, 3.8) is 0 Å². The number of hydrogen-bond acceptors (Lipinski definition) is 8. The molecule has 0 aliphatic rings. The molecule has 678 valence electrons. The fourth-order valence-electron chi connectivity index (χ4n) is 21.3.